The summed E-state index contributed by atoms with van der Waals surface area (Å²) in [6.07, 6.45) is 0. The largest absolute Gasteiger partial charge is 0.459 e. The second-order valence-electron chi connectivity index (χ2n) is 1.21. The summed E-state index contributed by atoms with van der Waals surface area (Å²) in [6.45, 7) is 0. The van der Waals surface area contributed by atoms with Gasteiger partial charge in [-0.2, -0.15) is 0 Å². The fourth-order valence-electron chi connectivity index (χ4n) is 0.209. The average molecular weight is 175 g/mol. The molecule has 0 radical (unpaired) electrons. The molecule has 0 aromatic rings. The molecule has 0 aliphatic rings. The van der Waals surface area contributed by atoms with Crippen LogP contribution in [0.3, 0.4) is 0 Å². The lowest BCUT2D eigenvalue weighted by atomic mass is 11.1. The van der Waals surface area contributed by atoms with Gasteiger partial charge in [0, 0.05) is 0 Å². The highest BCUT2D eigenvalue weighted by Crippen LogP contribution is 1.74. The van der Waals surface area contributed by atoms with Crippen LogP contribution in [0.2, 0.25) is 0 Å². The van der Waals surface area contributed by atoms with E-state index in [1.54, 1.807) is 3.88 Å². The van der Waals surface area contributed by atoms with Crippen LogP contribution < -0.4 is 4.30 Å². The minimum Gasteiger partial charge on any atom is -0.385 e. The Morgan fingerprint density at radius 3 is 2.38 bits per heavy atom. The van der Waals surface area contributed by atoms with Crippen molar-refractivity contribution in [3.63, 3.8) is 0 Å². The monoisotopic (exact) mass is 175 g/mol. The Hall–Kier alpha value is 0.755. The minimum atomic E-state index is 0.707. The molecule has 40 valence electrons. The number of rotatable bonds is 1. The van der Waals surface area contributed by atoms with Crippen molar-refractivity contribution in [3.05, 3.63) is 0 Å². The van der Waals surface area contributed by atoms with Gasteiger partial charge in [0.05, 0.1) is 12.2 Å². The second-order valence-corrected chi connectivity index (χ2v) is 3.17. The Morgan fingerprint density at radius 1 is 1.75 bits per heavy atom. The van der Waals surface area contributed by atoms with Gasteiger partial charge in [-0.1, -0.05) is 0 Å². The first kappa shape index (κ1) is 8.75. The second kappa shape index (κ2) is 4.62. The summed E-state index contributed by atoms with van der Waals surface area (Å²) in [5, 5.41) is 0.707. The van der Waals surface area contributed by atoms with Crippen molar-refractivity contribution in [1.82, 2.24) is 8.18 Å². The molecule has 2 nitrogen and oxygen atoms in total. The van der Waals surface area contributed by atoms with E-state index in [4.69, 9.17) is 12.2 Å². The van der Waals surface area contributed by atoms with Crippen LogP contribution in [-0.2, 0) is 0 Å². The van der Waals surface area contributed by atoms with Gasteiger partial charge in [0.15, 0.2) is 0 Å². The summed E-state index contributed by atoms with van der Waals surface area (Å²) < 4.78 is 4.62. The molecule has 0 aromatic carbocycles. The van der Waals surface area contributed by atoms with Crippen molar-refractivity contribution in [2.45, 2.75) is 0 Å². The summed E-state index contributed by atoms with van der Waals surface area (Å²) >= 11 is 11.0. The molecule has 0 spiro atoms. The molecule has 0 atom stereocenters. The van der Waals surface area contributed by atoms with Gasteiger partial charge in [0.1, 0.15) is 12.2 Å². The van der Waals surface area contributed by atoms with E-state index in [0.29, 0.717) is 5.11 Å². The first-order valence-electron chi connectivity index (χ1n) is 2.05. The van der Waals surface area contributed by atoms with Gasteiger partial charge in [-0.25, -0.2) is 3.88 Å². The van der Waals surface area contributed by atoms with E-state index >= 15 is 0 Å². The highest BCUT2D eigenvalue weighted by atomic mass is 32.1. The first-order valence-corrected chi connectivity index (χ1v) is 4.76. The molecule has 0 amide bonds. The zero-order valence-electron chi connectivity index (χ0n) is 4.76. The third kappa shape index (κ3) is 2.92. The third-order valence-electron chi connectivity index (χ3n) is 0.655. The lowest BCUT2D eigenvalue weighted by molar-refractivity contribution is 1.02. The van der Waals surface area contributed by atoms with Crippen LogP contribution in [0.25, 0.3) is 0 Å². The smallest absolute Gasteiger partial charge is 0.385 e. The van der Waals surface area contributed by atoms with E-state index in [1.165, 1.54) is 0 Å². The van der Waals surface area contributed by atoms with Gasteiger partial charge in [-0.15, -0.1) is 0 Å². The van der Waals surface area contributed by atoms with E-state index < -0.39 is 0 Å². The van der Waals surface area contributed by atoms with E-state index in [2.05, 4.69) is 22.0 Å². The summed E-state index contributed by atoms with van der Waals surface area (Å²) in [7, 11) is 0. The predicted molar refractivity (Wildman–Crippen MR) is 47.3 cm³/mol. The van der Waals surface area contributed by atoms with E-state index in [0.717, 1.165) is 33.0 Å². The lowest BCUT2D eigenvalue weighted by Gasteiger charge is -1.99. The number of hydrogen-bond donors (Lipinski definition) is 1. The Kier molecular flexibility index (Phi) is 5.05. The van der Waals surface area contributed by atoms with Crippen LogP contribution in [0.15, 0.2) is 0 Å². The quantitative estimate of drug-likeness (QED) is 0.216. The standard InChI is InChI=1S/C2H2N2S2.2Al.4H/c3-2(6)4-1-5;;;;;;/h(H2-,3,4,5,6);;;;;;/q;2*+1;;;;/p-1. The lowest BCUT2D eigenvalue weighted by Crippen LogP contribution is -2.34. The topological polar surface area (TPSA) is 15.3 Å². The number of hydrogen-bond acceptors (Lipinski definition) is 2. The van der Waals surface area contributed by atoms with Crippen LogP contribution in [-0.4, -0.2) is 47.5 Å². The molecule has 0 aliphatic carbocycles. The van der Waals surface area contributed by atoms with Crippen molar-refractivity contribution >= 4 is 68.1 Å². The van der Waals surface area contributed by atoms with Gasteiger partial charge < -0.3 is 4.30 Å². The van der Waals surface area contributed by atoms with Crippen LogP contribution in [0, 0.1) is 0 Å². The molecule has 0 saturated carbocycles. The van der Waals surface area contributed by atoms with Gasteiger partial charge >= 0.3 is 33.0 Å². The summed E-state index contributed by atoms with van der Waals surface area (Å²) in [5.41, 5.74) is 2.51. The molecular weight excluding hydrogens is 170 g/mol. The number of nitrogens with zero attached hydrogens (tertiary/aromatic N) is 1. The molecule has 0 aromatic heterocycles. The van der Waals surface area contributed by atoms with Gasteiger partial charge in [-0.05, 0) is 0 Å². The van der Waals surface area contributed by atoms with Gasteiger partial charge in [0.25, 0.3) is 10.6 Å². The molecule has 1 N–H and O–H groups in total. The molecule has 0 aliphatic heterocycles. The van der Waals surface area contributed by atoms with Crippen molar-refractivity contribution in [3.8, 4) is 0 Å². The molecule has 0 bridgehead atoms. The Labute approximate surface area is 75.9 Å². The zero-order valence-corrected chi connectivity index (χ0v) is 10.4. The van der Waals surface area contributed by atoms with Crippen molar-refractivity contribution in [2.24, 2.45) is 0 Å². The fraction of sp³-hybridized carbons (Fsp3) is 0. The summed E-state index contributed by atoms with van der Waals surface area (Å²) in [4.78, 5) is 0. The molecular formula is C2H5Al2N2S2+. The van der Waals surface area contributed by atoms with Crippen molar-refractivity contribution < 1.29 is 0 Å². The number of nitrogens with one attached hydrogen (secondary N) is 1. The highest BCUT2D eigenvalue weighted by molar-refractivity contribution is 7.81. The molecule has 0 unspecified atom stereocenters. The summed E-state index contributed by atoms with van der Waals surface area (Å²) in [6, 6.07) is 0. The Morgan fingerprint density at radius 2 is 2.25 bits per heavy atom. The normalized spacial score (nSPS) is 7.00. The molecule has 6 heteroatoms. The number of thiocarbonyl (C=S) groups is 2. The average Bonchev–Trinajstić information content (AvgIpc) is 1.84. The molecule has 8 heavy (non-hydrogen) atoms. The van der Waals surface area contributed by atoms with E-state index in [-0.39, 0.29) is 0 Å². The third-order valence-corrected chi connectivity index (χ3v) is 3.56. The highest BCUT2D eigenvalue weighted by Gasteiger charge is 2.06. The van der Waals surface area contributed by atoms with Crippen molar-refractivity contribution in [2.75, 3.05) is 0 Å². The summed E-state index contributed by atoms with van der Waals surface area (Å²) in [5.74, 6) is 0. The zero-order chi connectivity index (χ0) is 6.57. The molecule has 0 rings (SSSR count). The van der Waals surface area contributed by atoms with Crippen molar-refractivity contribution in [1.29, 1.82) is 0 Å². The maximum atomic E-state index is 4.83. The van der Waals surface area contributed by atoms with E-state index in [1.807, 2.05) is 0 Å². The van der Waals surface area contributed by atoms with Crippen LogP contribution in [0.4, 0.5) is 0 Å². The SMILES string of the molecule is [AlH2][NH]C(=S)[N]([AlH2])[C+]=S. The maximum Gasteiger partial charge on any atom is 0.459 e. The Balaban J connectivity index is 3.62. The molecule has 0 fully saturated rings. The van der Waals surface area contributed by atoms with Crippen LogP contribution in [0.1, 0.15) is 0 Å². The van der Waals surface area contributed by atoms with Crippen LogP contribution in [0.5, 0.6) is 0 Å². The molecule has 0 saturated heterocycles. The minimum absolute atomic E-state index is 0.707. The van der Waals surface area contributed by atoms with Gasteiger partial charge in [-0.3, -0.25) is 0 Å². The van der Waals surface area contributed by atoms with Gasteiger partial charge in [0.2, 0.25) is 0 Å². The van der Waals surface area contributed by atoms with Crippen LogP contribution >= 0.6 is 24.4 Å². The predicted octanol–water partition coefficient (Wildman–Crippen LogP) is -1.91. The molecule has 0 heterocycles. The first-order chi connectivity index (χ1) is 3.72. The Bertz CT molecular complexity index is 106. The van der Waals surface area contributed by atoms with E-state index in [9.17, 15) is 0 Å². The maximum absolute atomic E-state index is 4.83. The fourth-order valence-corrected chi connectivity index (χ4v) is 1.41.